The van der Waals surface area contributed by atoms with Crippen LogP contribution in [0.2, 0.25) is 0 Å². The molecule has 0 aliphatic rings. The average Bonchev–Trinajstić information content (AvgIpc) is 2.68. The van der Waals surface area contributed by atoms with Crippen molar-refractivity contribution < 1.29 is 8.42 Å². The molecule has 16 heavy (non-hydrogen) atoms. The van der Waals surface area contributed by atoms with Crippen LogP contribution in [-0.4, -0.2) is 30.1 Å². The van der Waals surface area contributed by atoms with Crippen LogP contribution in [0.15, 0.2) is 17.3 Å². The summed E-state index contributed by atoms with van der Waals surface area (Å²) in [5.74, 6) is 0. The highest BCUT2D eigenvalue weighted by Crippen LogP contribution is 2.15. The summed E-state index contributed by atoms with van der Waals surface area (Å²) in [5, 5.41) is 5.97. The van der Waals surface area contributed by atoms with Crippen LogP contribution < -0.4 is 10.5 Å². The van der Waals surface area contributed by atoms with Gasteiger partial charge in [-0.2, -0.15) is 5.10 Å². The summed E-state index contributed by atoms with van der Waals surface area (Å²) in [4.78, 5) is 0.264. The monoisotopic (exact) mass is 262 g/mol. The van der Waals surface area contributed by atoms with Crippen LogP contribution in [0.3, 0.4) is 0 Å². The first-order chi connectivity index (χ1) is 7.26. The first-order valence-electron chi connectivity index (χ1n) is 4.55. The fourth-order valence-corrected chi connectivity index (χ4v) is 2.02. The molecule has 1 heterocycles. The molecule has 0 saturated heterocycles. The summed E-state index contributed by atoms with van der Waals surface area (Å²) in [7, 11) is -3.57. The van der Waals surface area contributed by atoms with Crippen LogP contribution in [0.1, 0.15) is 13.8 Å². The number of H-pyrrole nitrogens is 1. The molecule has 0 saturated carbocycles. The van der Waals surface area contributed by atoms with Crippen molar-refractivity contribution in [3.63, 3.8) is 0 Å². The quantitative estimate of drug-likeness (QED) is 0.648. The Balaban J connectivity index is 2.74. The van der Waals surface area contributed by atoms with Crippen molar-refractivity contribution in [2.45, 2.75) is 18.9 Å². The minimum absolute atomic E-state index is 0.0197. The molecule has 0 fully saturated rings. The average molecular weight is 262 g/mol. The number of aromatic nitrogens is 2. The van der Waals surface area contributed by atoms with Crippen LogP contribution in [-0.2, 0) is 10.0 Å². The van der Waals surface area contributed by atoms with Crippen molar-refractivity contribution in [1.82, 2.24) is 14.9 Å². The minimum atomic E-state index is -3.57. The summed E-state index contributed by atoms with van der Waals surface area (Å²) in [5.41, 5.74) is 4.93. The van der Waals surface area contributed by atoms with Crippen molar-refractivity contribution >= 4 is 27.2 Å². The minimum Gasteiger partial charge on any atom is -0.393 e. The van der Waals surface area contributed by atoms with Gasteiger partial charge < -0.3 is 5.73 Å². The molecular weight excluding hydrogens is 248 g/mol. The predicted molar refractivity (Wildman–Crippen MR) is 64.3 cm³/mol. The first kappa shape index (κ1) is 13.1. The van der Waals surface area contributed by atoms with Crippen LogP contribution in [0, 0.1) is 5.41 Å². The molecule has 0 radical (unpaired) electrons. The fourth-order valence-electron chi connectivity index (χ4n) is 0.833. The van der Waals surface area contributed by atoms with Gasteiger partial charge in [0.25, 0.3) is 10.0 Å². The van der Waals surface area contributed by atoms with E-state index in [1.807, 2.05) is 0 Å². The van der Waals surface area contributed by atoms with E-state index in [0.717, 1.165) is 0 Å². The van der Waals surface area contributed by atoms with Gasteiger partial charge in [-0.25, -0.2) is 13.1 Å². The van der Waals surface area contributed by atoms with E-state index in [1.54, 1.807) is 13.8 Å². The highest BCUT2D eigenvalue weighted by molar-refractivity contribution is 7.89. The summed E-state index contributed by atoms with van der Waals surface area (Å²) >= 11 is 4.84. The Morgan fingerprint density at radius 3 is 2.75 bits per heavy atom. The summed E-state index contributed by atoms with van der Waals surface area (Å²) in [6.07, 6.45) is 1.37. The molecule has 1 aromatic rings. The third-order valence-electron chi connectivity index (χ3n) is 2.14. The standard InChI is InChI=1S/C8H14N4O2S2/c1-8(2,7(9)15)5-11-16(13,14)6-3-4-10-12-6/h3-4,11H,5H2,1-2H3,(H2,9,15)(H,10,12). The van der Waals surface area contributed by atoms with Gasteiger partial charge in [-0.3, -0.25) is 5.10 Å². The summed E-state index contributed by atoms with van der Waals surface area (Å²) in [6.45, 7) is 3.68. The lowest BCUT2D eigenvalue weighted by Crippen LogP contribution is -2.41. The van der Waals surface area contributed by atoms with Crippen LogP contribution >= 0.6 is 12.2 Å². The Bertz CT molecular complexity index is 464. The van der Waals surface area contributed by atoms with E-state index in [0.29, 0.717) is 0 Å². The van der Waals surface area contributed by atoms with Crippen LogP contribution in [0.5, 0.6) is 0 Å². The molecule has 0 bridgehead atoms. The van der Waals surface area contributed by atoms with Gasteiger partial charge in [-0.1, -0.05) is 26.1 Å². The Labute approximate surface area is 99.7 Å². The normalized spacial score (nSPS) is 12.6. The Hall–Kier alpha value is -0.990. The number of nitrogens with zero attached hydrogens (tertiary/aromatic N) is 1. The van der Waals surface area contributed by atoms with E-state index in [2.05, 4.69) is 14.9 Å². The molecule has 6 nitrogen and oxygen atoms in total. The van der Waals surface area contributed by atoms with Crippen molar-refractivity contribution in [3.05, 3.63) is 12.3 Å². The number of thiocarbonyl (C=S) groups is 1. The van der Waals surface area contributed by atoms with Gasteiger partial charge in [0.05, 0.1) is 11.2 Å². The van der Waals surface area contributed by atoms with Crippen LogP contribution in [0.25, 0.3) is 0 Å². The largest absolute Gasteiger partial charge is 0.393 e. The molecule has 0 unspecified atom stereocenters. The van der Waals surface area contributed by atoms with Gasteiger partial charge in [0.2, 0.25) is 0 Å². The van der Waals surface area contributed by atoms with Gasteiger partial charge >= 0.3 is 0 Å². The molecule has 8 heteroatoms. The van der Waals surface area contributed by atoms with E-state index in [1.165, 1.54) is 12.3 Å². The second-order valence-corrected chi connectivity index (χ2v) is 6.17. The molecule has 0 aliphatic heterocycles. The number of nitrogens with two attached hydrogens (primary N) is 1. The van der Waals surface area contributed by atoms with Crippen molar-refractivity contribution in [2.75, 3.05) is 6.54 Å². The van der Waals surface area contributed by atoms with Gasteiger partial charge in [0.15, 0.2) is 5.03 Å². The lowest BCUT2D eigenvalue weighted by molar-refractivity contribution is 0.500. The molecule has 90 valence electrons. The molecule has 0 aromatic carbocycles. The van der Waals surface area contributed by atoms with E-state index < -0.39 is 15.4 Å². The molecule has 0 aliphatic carbocycles. The van der Waals surface area contributed by atoms with E-state index in [4.69, 9.17) is 18.0 Å². The second-order valence-electron chi connectivity index (χ2n) is 3.99. The van der Waals surface area contributed by atoms with Gasteiger partial charge in [0.1, 0.15) is 0 Å². The molecule has 1 aromatic heterocycles. The number of aromatic amines is 1. The molecular formula is C8H14N4O2S2. The second kappa shape index (κ2) is 4.48. The maximum Gasteiger partial charge on any atom is 0.257 e. The highest BCUT2D eigenvalue weighted by Gasteiger charge is 2.25. The smallest absolute Gasteiger partial charge is 0.257 e. The zero-order valence-electron chi connectivity index (χ0n) is 9.02. The summed E-state index contributed by atoms with van der Waals surface area (Å²) < 4.78 is 25.8. The maximum absolute atomic E-state index is 11.7. The first-order valence-corrected chi connectivity index (χ1v) is 6.44. The highest BCUT2D eigenvalue weighted by atomic mass is 32.2. The number of rotatable bonds is 5. The zero-order valence-corrected chi connectivity index (χ0v) is 10.7. The molecule has 4 N–H and O–H groups in total. The van der Waals surface area contributed by atoms with Crippen molar-refractivity contribution in [2.24, 2.45) is 11.1 Å². The van der Waals surface area contributed by atoms with Crippen molar-refractivity contribution in [3.8, 4) is 0 Å². The van der Waals surface area contributed by atoms with Gasteiger partial charge in [-0.05, 0) is 6.07 Å². The SMILES string of the molecule is CC(C)(CNS(=O)(=O)c1ccn[nH]1)C(N)=S. The lowest BCUT2D eigenvalue weighted by atomic mass is 9.94. The Kier molecular flexibility index (Phi) is 3.66. The van der Waals surface area contributed by atoms with E-state index in [-0.39, 0.29) is 16.6 Å². The van der Waals surface area contributed by atoms with Gasteiger partial charge in [-0.15, -0.1) is 0 Å². The van der Waals surface area contributed by atoms with E-state index in [9.17, 15) is 8.42 Å². The topological polar surface area (TPSA) is 101 Å². The molecule has 0 spiro atoms. The molecule has 0 atom stereocenters. The molecule has 0 amide bonds. The molecule has 1 rings (SSSR count). The number of hydrogen-bond donors (Lipinski definition) is 3. The third-order valence-corrected chi connectivity index (χ3v) is 4.02. The summed E-state index contributed by atoms with van der Waals surface area (Å²) in [6, 6.07) is 1.37. The number of sulfonamides is 1. The number of hydrogen-bond acceptors (Lipinski definition) is 4. The Morgan fingerprint density at radius 2 is 2.31 bits per heavy atom. The Morgan fingerprint density at radius 1 is 1.69 bits per heavy atom. The van der Waals surface area contributed by atoms with Crippen molar-refractivity contribution in [1.29, 1.82) is 0 Å². The number of nitrogens with one attached hydrogen (secondary N) is 2. The van der Waals surface area contributed by atoms with Crippen LogP contribution in [0.4, 0.5) is 0 Å². The maximum atomic E-state index is 11.7. The van der Waals surface area contributed by atoms with E-state index >= 15 is 0 Å². The third kappa shape index (κ3) is 3.00. The lowest BCUT2D eigenvalue weighted by Gasteiger charge is -2.22. The predicted octanol–water partition coefficient (Wildman–Crippen LogP) is 0.000300. The zero-order chi connectivity index (χ0) is 12.4. The fraction of sp³-hybridized carbons (Fsp3) is 0.500. The van der Waals surface area contributed by atoms with Gasteiger partial charge in [0, 0.05) is 12.0 Å².